The van der Waals surface area contributed by atoms with Crippen LogP contribution in [0.15, 0.2) is 35.9 Å². The van der Waals surface area contributed by atoms with Gasteiger partial charge in [-0.3, -0.25) is 11.3 Å². The van der Waals surface area contributed by atoms with Gasteiger partial charge in [0.25, 0.3) is 0 Å². The van der Waals surface area contributed by atoms with Crippen molar-refractivity contribution in [3.63, 3.8) is 0 Å². The maximum atomic E-state index is 6.00. The normalized spacial score (nSPS) is 17.3. The molecule has 1 atom stereocenters. The van der Waals surface area contributed by atoms with E-state index in [-0.39, 0.29) is 0 Å². The zero-order valence-corrected chi connectivity index (χ0v) is 11.4. The summed E-state index contributed by atoms with van der Waals surface area (Å²) in [6, 6.07) is 8.31. The molecular weight excluding hydrogens is 244 g/mol. The molecule has 1 aromatic carbocycles. The van der Waals surface area contributed by atoms with Crippen LogP contribution in [0.3, 0.4) is 0 Å². The molecule has 98 valence electrons. The van der Waals surface area contributed by atoms with Crippen LogP contribution in [0.25, 0.3) is 0 Å². The lowest BCUT2D eigenvalue weighted by Crippen LogP contribution is -2.37. The van der Waals surface area contributed by atoms with E-state index in [1.807, 2.05) is 18.2 Å². The van der Waals surface area contributed by atoms with Gasteiger partial charge in [-0.15, -0.1) is 0 Å². The first-order valence-corrected chi connectivity index (χ1v) is 7.04. The van der Waals surface area contributed by atoms with Crippen LogP contribution >= 0.6 is 11.6 Å². The highest BCUT2D eigenvalue weighted by Gasteiger charge is 2.12. The van der Waals surface area contributed by atoms with Crippen LogP contribution in [0, 0.1) is 0 Å². The van der Waals surface area contributed by atoms with Crippen molar-refractivity contribution in [2.24, 2.45) is 5.84 Å². The Morgan fingerprint density at radius 1 is 1.28 bits per heavy atom. The van der Waals surface area contributed by atoms with Gasteiger partial charge in [0.1, 0.15) is 0 Å². The van der Waals surface area contributed by atoms with Gasteiger partial charge in [-0.2, -0.15) is 0 Å². The number of benzene rings is 1. The molecule has 1 aliphatic carbocycles. The second kappa shape index (κ2) is 6.93. The highest BCUT2D eigenvalue weighted by atomic mass is 35.5. The fourth-order valence-electron chi connectivity index (χ4n) is 2.55. The zero-order valence-electron chi connectivity index (χ0n) is 10.7. The Morgan fingerprint density at radius 3 is 2.83 bits per heavy atom. The SMILES string of the molecule is NNC(CC1=CCCCC1)Cc1cccc(Cl)c1. The van der Waals surface area contributed by atoms with Crippen LogP contribution in [-0.4, -0.2) is 6.04 Å². The predicted molar refractivity (Wildman–Crippen MR) is 77.4 cm³/mol. The quantitative estimate of drug-likeness (QED) is 0.484. The average Bonchev–Trinajstić information content (AvgIpc) is 2.39. The molecule has 0 amide bonds. The molecule has 0 saturated heterocycles. The zero-order chi connectivity index (χ0) is 12.8. The van der Waals surface area contributed by atoms with Crippen LogP contribution in [0.1, 0.15) is 37.7 Å². The van der Waals surface area contributed by atoms with Crippen LogP contribution in [-0.2, 0) is 6.42 Å². The number of hydrogen-bond acceptors (Lipinski definition) is 2. The minimum absolute atomic E-state index is 0.299. The van der Waals surface area contributed by atoms with Gasteiger partial charge in [-0.05, 0) is 56.2 Å². The summed E-state index contributed by atoms with van der Waals surface area (Å²) in [6.45, 7) is 0. The molecule has 18 heavy (non-hydrogen) atoms. The summed E-state index contributed by atoms with van der Waals surface area (Å²) in [5.74, 6) is 5.67. The van der Waals surface area contributed by atoms with Gasteiger partial charge in [0.15, 0.2) is 0 Å². The minimum Gasteiger partial charge on any atom is -0.271 e. The van der Waals surface area contributed by atoms with E-state index in [9.17, 15) is 0 Å². The van der Waals surface area contributed by atoms with Crippen molar-refractivity contribution in [3.05, 3.63) is 46.5 Å². The summed E-state index contributed by atoms with van der Waals surface area (Å²) < 4.78 is 0. The second-order valence-electron chi connectivity index (χ2n) is 5.01. The highest BCUT2D eigenvalue weighted by molar-refractivity contribution is 6.30. The third kappa shape index (κ3) is 4.13. The van der Waals surface area contributed by atoms with Gasteiger partial charge in [-0.1, -0.05) is 35.4 Å². The standard InChI is InChI=1S/C15H21ClN2/c16-14-8-4-7-13(9-14)11-15(18-17)10-12-5-2-1-3-6-12/h4-5,7-9,15,18H,1-3,6,10-11,17H2. The smallest absolute Gasteiger partial charge is 0.0408 e. The molecule has 2 nitrogen and oxygen atoms in total. The molecule has 0 radical (unpaired) electrons. The van der Waals surface area contributed by atoms with E-state index in [0.29, 0.717) is 6.04 Å². The van der Waals surface area contributed by atoms with Crippen molar-refractivity contribution in [3.8, 4) is 0 Å². The number of hydrazine groups is 1. The van der Waals surface area contributed by atoms with E-state index < -0.39 is 0 Å². The first-order chi connectivity index (χ1) is 8.78. The Balaban J connectivity index is 1.94. The van der Waals surface area contributed by atoms with E-state index in [4.69, 9.17) is 17.4 Å². The molecule has 0 fully saturated rings. The van der Waals surface area contributed by atoms with E-state index in [0.717, 1.165) is 17.9 Å². The van der Waals surface area contributed by atoms with Gasteiger partial charge in [-0.25, -0.2) is 0 Å². The van der Waals surface area contributed by atoms with Crippen LogP contribution in [0.4, 0.5) is 0 Å². The summed E-state index contributed by atoms with van der Waals surface area (Å²) in [7, 11) is 0. The average molecular weight is 265 g/mol. The molecule has 1 unspecified atom stereocenters. The third-order valence-electron chi connectivity index (χ3n) is 3.50. The summed E-state index contributed by atoms with van der Waals surface area (Å²) in [6.07, 6.45) is 9.46. The van der Waals surface area contributed by atoms with Crippen LogP contribution in [0.2, 0.25) is 5.02 Å². The Morgan fingerprint density at radius 2 is 2.17 bits per heavy atom. The maximum absolute atomic E-state index is 6.00. The second-order valence-corrected chi connectivity index (χ2v) is 5.45. The molecule has 0 aromatic heterocycles. The Bertz CT molecular complexity index is 415. The summed E-state index contributed by atoms with van der Waals surface area (Å²) in [4.78, 5) is 0. The van der Waals surface area contributed by atoms with Crippen LogP contribution in [0.5, 0.6) is 0 Å². The van der Waals surface area contributed by atoms with E-state index >= 15 is 0 Å². The molecule has 0 spiro atoms. The van der Waals surface area contributed by atoms with Crippen LogP contribution < -0.4 is 11.3 Å². The fourth-order valence-corrected chi connectivity index (χ4v) is 2.76. The fraction of sp³-hybridized carbons (Fsp3) is 0.467. The summed E-state index contributed by atoms with van der Waals surface area (Å²) in [5, 5.41) is 0.792. The lowest BCUT2D eigenvalue weighted by atomic mass is 9.92. The van der Waals surface area contributed by atoms with Crippen molar-refractivity contribution in [1.82, 2.24) is 5.43 Å². The molecular formula is C15H21ClN2. The Kier molecular flexibility index (Phi) is 5.24. The molecule has 0 saturated carbocycles. The molecule has 0 heterocycles. The molecule has 2 rings (SSSR count). The first kappa shape index (κ1) is 13.6. The summed E-state index contributed by atoms with van der Waals surface area (Å²) >= 11 is 6.00. The minimum atomic E-state index is 0.299. The Hall–Kier alpha value is -0.830. The third-order valence-corrected chi connectivity index (χ3v) is 3.74. The number of hydrogen-bond donors (Lipinski definition) is 2. The largest absolute Gasteiger partial charge is 0.271 e. The number of nitrogens with one attached hydrogen (secondary N) is 1. The number of nitrogens with two attached hydrogens (primary N) is 1. The van der Waals surface area contributed by atoms with Crippen molar-refractivity contribution in [2.45, 2.75) is 44.6 Å². The predicted octanol–water partition coefficient (Wildman–Crippen LogP) is 3.60. The van der Waals surface area contributed by atoms with E-state index in [2.05, 4.69) is 17.6 Å². The molecule has 3 heteroatoms. The van der Waals surface area contributed by atoms with Gasteiger partial charge in [0.05, 0.1) is 0 Å². The molecule has 3 N–H and O–H groups in total. The lowest BCUT2D eigenvalue weighted by molar-refractivity contribution is 0.505. The van der Waals surface area contributed by atoms with Gasteiger partial charge in [0, 0.05) is 11.1 Å². The van der Waals surface area contributed by atoms with Gasteiger partial charge < -0.3 is 0 Å². The molecule has 0 aliphatic heterocycles. The van der Waals surface area contributed by atoms with Gasteiger partial charge >= 0.3 is 0 Å². The Labute approximate surface area is 114 Å². The van der Waals surface area contributed by atoms with Crippen molar-refractivity contribution in [2.75, 3.05) is 0 Å². The van der Waals surface area contributed by atoms with E-state index in [1.54, 1.807) is 5.57 Å². The molecule has 0 bridgehead atoms. The number of allylic oxidation sites excluding steroid dienone is 1. The van der Waals surface area contributed by atoms with Crippen molar-refractivity contribution >= 4 is 11.6 Å². The maximum Gasteiger partial charge on any atom is 0.0408 e. The highest BCUT2D eigenvalue weighted by Crippen LogP contribution is 2.22. The lowest BCUT2D eigenvalue weighted by Gasteiger charge is -2.20. The number of rotatable bonds is 5. The summed E-state index contributed by atoms with van der Waals surface area (Å²) in [5.41, 5.74) is 5.72. The topological polar surface area (TPSA) is 38.0 Å². The van der Waals surface area contributed by atoms with Gasteiger partial charge in [0.2, 0.25) is 0 Å². The molecule has 1 aromatic rings. The van der Waals surface area contributed by atoms with Crippen molar-refractivity contribution in [1.29, 1.82) is 0 Å². The van der Waals surface area contributed by atoms with Crippen molar-refractivity contribution < 1.29 is 0 Å². The monoisotopic (exact) mass is 264 g/mol. The first-order valence-electron chi connectivity index (χ1n) is 6.66. The molecule has 1 aliphatic rings. The number of halogens is 1. The van der Waals surface area contributed by atoms with E-state index in [1.165, 1.54) is 31.2 Å².